The van der Waals surface area contributed by atoms with E-state index in [1.54, 1.807) is 11.8 Å². The van der Waals surface area contributed by atoms with Crippen molar-refractivity contribution in [3.8, 4) is 0 Å². The number of Topliss-reactive ketones (excluding diaryl/α,β-unsaturated/α-hetero) is 1. The zero-order valence-electron chi connectivity index (χ0n) is 19.1. The van der Waals surface area contributed by atoms with Crippen LogP contribution in [0, 0.1) is 11.8 Å². The number of carbonyl (C=O) groups excluding carboxylic acids is 1. The van der Waals surface area contributed by atoms with E-state index in [0.717, 1.165) is 24.9 Å². The third kappa shape index (κ3) is 5.13. The first-order valence-electron chi connectivity index (χ1n) is 12.1. The molecule has 1 aliphatic carbocycles. The Bertz CT molecular complexity index is 681. The van der Waals surface area contributed by atoms with Crippen molar-refractivity contribution in [2.24, 2.45) is 11.8 Å². The summed E-state index contributed by atoms with van der Waals surface area (Å²) in [4.78, 5) is 19.1. The summed E-state index contributed by atoms with van der Waals surface area (Å²) < 4.78 is 2.20. The van der Waals surface area contributed by atoms with Gasteiger partial charge in [0, 0.05) is 48.1 Å². The van der Waals surface area contributed by atoms with Crippen molar-refractivity contribution in [3.05, 3.63) is 12.4 Å². The lowest BCUT2D eigenvalue weighted by atomic mass is 9.79. The van der Waals surface area contributed by atoms with Gasteiger partial charge in [-0.1, -0.05) is 13.8 Å². The lowest BCUT2D eigenvalue weighted by Gasteiger charge is -2.45. The molecule has 0 unspecified atom stereocenters. The Morgan fingerprint density at radius 2 is 1.43 bits per heavy atom. The summed E-state index contributed by atoms with van der Waals surface area (Å²) in [5.41, 5.74) is 0. The third-order valence-corrected chi connectivity index (χ3v) is 8.57. The molecule has 168 valence electrons. The van der Waals surface area contributed by atoms with Gasteiger partial charge in [-0.05, 0) is 70.7 Å². The SMILES string of the molecule is CSc1cnn(C2CCN(C3CCN(C4CCC(C(=O)C(C)C)CC4)CC3)CC2)c1. The molecule has 2 aliphatic heterocycles. The number of aromatic nitrogens is 2. The first-order chi connectivity index (χ1) is 14.5. The molecule has 1 aromatic heterocycles. The fourth-order valence-electron chi connectivity index (χ4n) is 5.95. The molecule has 30 heavy (non-hydrogen) atoms. The third-order valence-electron chi connectivity index (χ3n) is 7.89. The first-order valence-corrected chi connectivity index (χ1v) is 13.4. The predicted molar refractivity (Wildman–Crippen MR) is 124 cm³/mol. The lowest BCUT2D eigenvalue weighted by molar-refractivity contribution is -0.127. The normalized spacial score (nSPS) is 28.3. The van der Waals surface area contributed by atoms with E-state index in [4.69, 9.17) is 0 Å². The van der Waals surface area contributed by atoms with Crippen LogP contribution >= 0.6 is 11.8 Å². The lowest BCUT2D eigenvalue weighted by Crippen LogP contribution is -2.50. The molecular weight excluding hydrogens is 392 g/mol. The number of hydrogen-bond acceptors (Lipinski definition) is 5. The topological polar surface area (TPSA) is 41.4 Å². The Kier molecular flexibility index (Phi) is 7.58. The van der Waals surface area contributed by atoms with Gasteiger partial charge in [0.2, 0.25) is 0 Å². The van der Waals surface area contributed by atoms with Crippen LogP contribution in [0.5, 0.6) is 0 Å². The van der Waals surface area contributed by atoms with E-state index < -0.39 is 0 Å². The fraction of sp³-hybridized carbons (Fsp3) is 0.833. The molecule has 0 spiro atoms. The van der Waals surface area contributed by atoms with Gasteiger partial charge in [0.15, 0.2) is 0 Å². The number of rotatable bonds is 6. The average Bonchev–Trinajstić information content (AvgIpc) is 3.28. The van der Waals surface area contributed by atoms with Gasteiger partial charge in [-0.15, -0.1) is 11.8 Å². The molecule has 2 saturated heterocycles. The zero-order valence-corrected chi connectivity index (χ0v) is 19.9. The van der Waals surface area contributed by atoms with Crippen molar-refractivity contribution in [1.82, 2.24) is 19.6 Å². The van der Waals surface area contributed by atoms with E-state index in [1.807, 2.05) is 6.20 Å². The number of carbonyl (C=O) groups is 1. The monoisotopic (exact) mass is 432 g/mol. The standard InChI is InChI=1S/C24H40N4OS/c1-18(2)24(29)19-4-6-20(7-5-19)26-12-8-21(9-13-26)27-14-10-22(11-15-27)28-17-23(30-3)16-25-28/h16-22H,4-15H2,1-3H3. The summed E-state index contributed by atoms with van der Waals surface area (Å²) in [7, 11) is 0. The largest absolute Gasteiger partial charge is 0.300 e. The van der Waals surface area contributed by atoms with Crippen molar-refractivity contribution in [2.75, 3.05) is 32.4 Å². The van der Waals surface area contributed by atoms with E-state index >= 15 is 0 Å². The molecule has 0 aromatic carbocycles. The van der Waals surface area contributed by atoms with Gasteiger partial charge >= 0.3 is 0 Å². The van der Waals surface area contributed by atoms with Gasteiger partial charge in [-0.2, -0.15) is 5.10 Å². The maximum atomic E-state index is 12.3. The summed E-state index contributed by atoms with van der Waals surface area (Å²) in [6, 6.07) is 2.06. The zero-order chi connectivity index (χ0) is 21.1. The van der Waals surface area contributed by atoms with E-state index in [9.17, 15) is 4.79 Å². The van der Waals surface area contributed by atoms with Gasteiger partial charge in [-0.3, -0.25) is 9.48 Å². The van der Waals surface area contributed by atoms with E-state index in [0.29, 0.717) is 17.7 Å². The smallest absolute Gasteiger partial charge is 0.138 e. The van der Waals surface area contributed by atoms with Gasteiger partial charge in [0.1, 0.15) is 5.78 Å². The molecular formula is C24H40N4OS. The first kappa shape index (κ1) is 22.3. The summed E-state index contributed by atoms with van der Waals surface area (Å²) in [6.45, 7) is 9.03. The highest BCUT2D eigenvalue weighted by molar-refractivity contribution is 7.98. The molecule has 1 saturated carbocycles. The van der Waals surface area contributed by atoms with Crippen LogP contribution in [0.4, 0.5) is 0 Å². The van der Waals surface area contributed by atoms with Crippen LogP contribution in [-0.2, 0) is 4.79 Å². The van der Waals surface area contributed by atoms with Gasteiger partial charge < -0.3 is 9.80 Å². The number of thioether (sulfide) groups is 1. The van der Waals surface area contributed by atoms with Crippen molar-refractivity contribution in [3.63, 3.8) is 0 Å². The van der Waals surface area contributed by atoms with Crippen LogP contribution in [0.25, 0.3) is 0 Å². The van der Waals surface area contributed by atoms with E-state index in [1.165, 1.54) is 69.6 Å². The molecule has 0 bridgehead atoms. The molecule has 0 atom stereocenters. The summed E-state index contributed by atoms with van der Waals surface area (Å²) in [5, 5.41) is 4.59. The van der Waals surface area contributed by atoms with Crippen molar-refractivity contribution in [2.45, 2.75) is 88.2 Å². The molecule has 3 fully saturated rings. The number of piperidine rings is 2. The van der Waals surface area contributed by atoms with Gasteiger partial charge in [-0.25, -0.2) is 0 Å². The molecule has 0 radical (unpaired) electrons. The molecule has 0 N–H and O–H groups in total. The van der Waals surface area contributed by atoms with Crippen LogP contribution < -0.4 is 0 Å². The minimum Gasteiger partial charge on any atom is -0.300 e. The minimum absolute atomic E-state index is 0.201. The number of nitrogens with zero attached hydrogens (tertiary/aromatic N) is 4. The number of ketones is 1. The van der Waals surface area contributed by atoms with E-state index in [-0.39, 0.29) is 5.92 Å². The average molecular weight is 433 g/mol. The maximum absolute atomic E-state index is 12.3. The Labute approximate surface area is 186 Å². The second kappa shape index (κ2) is 10.2. The van der Waals surface area contributed by atoms with Crippen molar-refractivity contribution >= 4 is 17.5 Å². The second-order valence-electron chi connectivity index (χ2n) is 9.96. The maximum Gasteiger partial charge on any atom is 0.138 e. The fourth-order valence-corrected chi connectivity index (χ4v) is 6.32. The van der Waals surface area contributed by atoms with Crippen LogP contribution in [0.1, 0.15) is 71.3 Å². The van der Waals surface area contributed by atoms with Crippen LogP contribution in [0.2, 0.25) is 0 Å². The molecule has 1 aromatic rings. The van der Waals surface area contributed by atoms with Crippen molar-refractivity contribution in [1.29, 1.82) is 0 Å². The highest BCUT2D eigenvalue weighted by atomic mass is 32.2. The molecule has 5 nitrogen and oxygen atoms in total. The summed E-state index contributed by atoms with van der Waals surface area (Å²) >= 11 is 1.78. The Morgan fingerprint density at radius 3 is 1.93 bits per heavy atom. The highest BCUT2D eigenvalue weighted by Gasteiger charge is 2.34. The molecule has 0 amide bonds. The number of likely N-dealkylation sites (tertiary alicyclic amines) is 2. The van der Waals surface area contributed by atoms with Crippen LogP contribution in [0.3, 0.4) is 0 Å². The van der Waals surface area contributed by atoms with Crippen LogP contribution in [-0.4, -0.2) is 69.9 Å². The van der Waals surface area contributed by atoms with Gasteiger partial charge in [0.05, 0.1) is 12.2 Å². The Morgan fingerprint density at radius 1 is 0.900 bits per heavy atom. The summed E-state index contributed by atoms with van der Waals surface area (Å²) in [6.07, 6.45) is 16.1. The Balaban J connectivity index is 1.19. The minimum atomic E-state index is 0.201. The van der Waals surface area contributed by atoms with Crippen LogP contribution in [0.15, 0.2) is 17.3 Å². The molecule has 3 aliphatic rings. The van der Waals surface area contributed by atoms with Gasteiger partial charge in [0.25, 0.3) is 0 Å². The molecule has 4 rings (SSSR count). The highest BCUT2D eigenvalue weighted by Crippen LogP contribution is 2.33. The predicted octanol–water partition coefficient (Wildman–Crippen LogP) is 4.49. The quantitative estimate of drug-likeness (QED) is 0.620. The number of hydrogen-bond donors (Lipinski definition) is 0. The van der Waals surface area contributed by atoms with Crippen molar-refractivity contribution < 1.29 is 4.79 Å². The summed E-state index contributed by atoms with van der Waals surface area (Å²) in [5.74, 6) is 1.03. The molecule has 3 heterocycles. The Hall–Kier alpha value is -0.850. The molecule has 6 heteroatoms. The second-order valence-corrected chi connectivity index (χ2v) is 10.8. The van der Waals surface area contributed by atoms with E-state index in [2.05, 4.69) is 45.9 Å².